The summed E-state index contributed by atoms with van der Waals surface area (Å²) in [6.45, 7) is 1.58. The number of hydrogen-bond donors (Lipinski definition) is 2. The van der Waals surface area contributed by atoms with E-state index in [0.29, 0.717) is 16.5 Å². The normalized spacial score (nSPS) is 10.9. The van der Waals surface area contributed by atoms with Crippen molar-refractivity contribution in [1.29, 1.82) is 0 Å². The SMILES string of the molecule is Cc1c(N)cc(C(=O)c2c[nH]c3ccncc23)cc1F. The van der Waals surface area contributed by atoms with E-state index >= 15 is 0 Å². The molecule has 3 aromatic rings. The van der Waals surface area contributed by atoms with Crippen LogP contribution in [0.15, 0.2) is 36.8 Å². The van der Waals surface area contributed by atoms with Crippen molar-refractivity contribution < 1.29 is 9.18 Å². The van der Waals surface area contributed by atoms with Gasteiger partial charge in [-0.1, -0.05) is 0 Å². The first-order valence-electron chi connectivity index (χ1n) is 6.09. The molecule has 4 nitrogen and oxygen atoms in total. The lowest BCUT2D eigenvalue weighted by Crippen LogP contribution is -2.04. The minimum absolute atomic E-state index is 0.232. The van der Waals surface area contributed by atoms with Crippen molar-refractivity contribution in [1.82, 2.24) is 9.97 Å². The van der Waals surface area contributed by atoms with Gasteiger partial charge in [0.1, 0.15) is 5.82 Å². The third kappa shape index (κ3) is 1.84. The molecular weight excluding hydrogens is 257 g/mol. The van der Waals surface area contributed by atoms with Crippen molar-refractivity contribution in [2.24, 2.45) is 0 Å². The van der Waals surface area contributed by atoms with E-state index in [-0.39, 0.29) is 17.0 Å². The number of carbonyl (C=O) groups excluding carboxylic acids is 1. The molecule has 0 atom stereocenters. The number of nitrogens with one attached hydrogen (secondary N) is 1. The van der Waals surface area contributed by atoms with Gasteiger partial charge >= 0.3 is 0 Å². The Morgan fingerprint density at radius 3 is 2.95 bits per heavy atom. The first-order valence-corrected chi connectivity index (χ1v) is 6.09. The van der Waals surface area contributed by atoms with Crippen LogP contribution in [0.25, 0.3) is 10.9 Å². The second-order valence-electron chi connectivity index (χ2n) is 4.63. The summed E-state index contributed by atoms with van der Waals surface area (Å²) in [6.07, 6.45) is 4.84. The third-order valence-electron chi connectivity index (χ3n) is 3.37. The molecule has 0 radical (unpaired) electrons. The fourth-order valence-electron chi connectivity index (χ4n) is 2.14. The molecule has 5 heteroatoms. The van der Waals surface area contributed by atoms with Crippen LogP contribution in [0, 0.1) is 12.7 Å². The summed E-state index contributed by atoms with van der Waals surface area (Å²) in [5, 5.41) is 0.706. The zero-order valence-corrected chi connectivity index (χ0v) is 10.8. The van der Waals surface area contributed by atoms with E-state index in [0.717, 1.165) is 5.52 Å². The lowest BCUT2D eigenvalue weighted by molar-refractivity contribution is 0.104. The maximum absolute atomic E-state index is 13.7. The van der Waals surface area contributed by atoms with E-state index in [2.05, 4.69) is 9.97 Å². The highest BCUT2D eigenvalue weighted by atomic mass is 19.1. The van der Waals surface area contributed by atoms with E-state index in [4.69, 9.17) is 5.73 Å². The van der Waals surface area contributed by atoms with Gasteiger partial charge in [-0.3, -0.25) is 9.78 Å². The van der Waals surface area contributed by atoms with Crippen LogP contribution in [-0.4, -0.2) is 15.8 Å². The van der Waals surface area contributed by atoms with Crippen molar-refractivity contribution in [2.45, 2.75) is 6.92 Å². The van der Waals surface area contributed by atoms with Crippen LogP contribution < -0.4 is 5.73 Å². The van der Waals surface area contributed by atoms with Crippen molar-refractivity contribution in [3.63, 3.8) is 0 Å². The first-order chi connectivity index (χ1) is 9.58. The fraction of sp³-hybridized carbons (Fsp3) is 0.0667. The summed E-state index contributed by atoms with van der Waals surface area (Å²) in [6, 6.07) is 4.48. The number of nitrogens with two attached hydrogens (primary N) is 1. The van der Waals surface area contributed by atoms with Gasteiger partial charge in [-0.25, -0.2) is 4.39 Å². The Hall–Kier alpha value is -2.69. The van der Waals surface area contributed by atoms with Crippen LogP contribution in [0.4, 0.5) is 10.1 Å². The minimum Gasteiger partial charge on any atom is -0.398 e. The summed E-state index contributed by atoms with van der Waals surface area (Å²) in [7, 11) is 0. The second-order valence-corrected chi connectivity index (χ2v) is 4.63. The Morgan fingerprint density at radius 1 is 1.40 bits per heavy atom. The maximum atomic E-state index is 13.7. The van der Waals surface area contributed by atoms with Gasteiger partial charge in [0.15, 0.2) is 5.78 Å². The van der Waals surface area contributed by atoms with Crippen molar-refractivity contribution >= 4 is 22.4 Å². The number of nitrogen functional groups attached to an aromatic ring is 1. The number of ketones is 1. The average molecular weight is 269 g/mol. The Balaban J connectivity index is 2.13. The minimum atomic E-state index is -0.480. The average Bonchev–Trinajstić information content (AvgIpc) is 2.87. The molecule has 0 saturated carbocycles. The number of pyridine rings is 1. The molecule has 0 fully saturated rings. The van der Waals surface area contributed by atoms with E-state index < -0.39 is 5.82 Å². The Kier molecular flexibility index (Phi) is 2.75. The smallest absolute Gasteiger partial charge is 0.195 e. The molecule has 1 aromatic carbocycles. The molecule has 0 bridgehead atoms. The van der Waals surface area contributed by atoms with E-state index in [1.54, 1.807) is 31.6 Å². The van der Waals surface area contributed by atoms with Crippen molar-refractivity contribution in [2.75, 3.05) is 5.73 Å². The standard InChI is InChI=1S/C15H12FN3O/c1-8-12(16)4-9(5-13(8)17)15(20)11-7-19-14-2-3-18-6-10(11)14/h2-7,19H,17H2,1H3. The molecular formula is C15H12FN3O. The molecule has 20 heavy (non-hydrogen) atoms. The molecule has 3 N–H and O–H groups in total. The summed E-state index contributed by atoms with van der Waals surface area (Å²) in [4.78, 5) is 19.5. The number of aromatic amines is 1. The van der Waals surface area contributed by atoms with Gasteiger partial charge in [0.2, 0.25) is 0 Å². The Bertz CT molecular complexity index is 800. The van der Waals surface area contributed by atoms with Crippen molar-refractivity contribution in [3.8, 4) is 0 Å². The van der Waals surface area contributed by atoms with Gasteiger partial charge < -0.3 is 10.7 Å². The molecule has 0 aliphatic heterocycles. The molecule has 3 rings (SSSR count). The number of carbonyl (C=O) groups is 1. The quantitative estimate of drug-likeness (QED) is 0.555. The zero-order chi connectivity index (χ0) is 14.3. The molecule has 0 aliphatic carbocycles. The Labute approximate surface area is 114 Å². The van der Waals surface area contributed by atoms with Gasteiger partial charge in [-0.2, -0.15) is 0 Å². The number of fused-ring (bicyclic) bond motifs is 1. The summed E-state index contributed by atoms with van der Waals surface area (Å²) < 4.78 is 13.7. The van der Waals surface area contributed by atoms with Crippen LogP contribution in [0.1, 0.15) is 21.5 Å². The number of anilines is 1. The van der Waals surface area contributed by atoms with Crippen molar-refractivity contribution in [3.05, 3.63) is 59.3 Å². The monoisotopic (exact) mass is 269 g/mol. The molecule has 2 heterocycles. The van der Waals surface area contributed by atoms with E-state index in [1.807, 2.05) is 0 Å². The number of nitrogens with zero attached hydrogens (tertiary/aromatic N) is 1. The summed E-state index contributed by atoms with van der Waals surface area (Å²) in [5.41, 5.74) is 7.83. The Morgan fingerprint density at radius 2 is 2.20 bits per heavy atom. The van der Waals surface area contributed by atoms with Crippen LogP contribution >= 0.6 is 0 Å². The van der Waals surface area contributed by atoms with Gasteiger partial charge in [0.25, 0.3) is 0 Å². The van der Waals surface area contributed by atoms with E-state index in [9.17, 15) is 9.18 Å². The van der Waals surface area contributed by atoms with Crippen LogP contribution in [0.3, 0.4) is 0 Å². The van der Waals surface area contributed by atoms with E-state index in [1.165, 1.54) is 12.1 Å². The summed E-state index contributed by atoms with van der Waals surface area (Å²) >= 11 is 0. The second kappa shape index (κ2) is 4.45. The van der Waals surface area contributed by atoms with Crippen LogP contribution in [0.5, 0.6) is 0 Å². The highest BCUT2D eigenvalue weighted by Crippen LogP contribution is 2.23. The number of aromatic nitrogens is 2. The predicted molar refractivity (Wildman–Crippen MR) is 75.1 cm³/mol. The molecule has 2 aromatic heterocycles. The maximum Gasteiger partial charge on any atom is 0.195 e. The zero-order valence-electron chi connectivity index (χ0n) is 10.8. The van der Waals surface area contributed by atoms with Crippen LogP contribution in [-0.2, 0) is 0 Å². The molecule has 0 saturated heterocycles. The third-order valence-corrected chi connectivity index (χ3v) is 3.37. The van der Waals surface area contributed by atoms with Gasteiger partial charge in [-0.05, 0) is 25.1 Å². The predicted octanol–water partition coefficient (Wildman–Crippen LogP) is 2.82. The number of halogens is 1. The van der Waals surface area contributed by atoms with Crippen LogP contribution in [0.2, 0.25) is 0 Å². The van der Waals surface area contributed by atoms with Gasteiger partial charge in [-0.15, -0.1) is 0 Å². The topological polar surface area (TPSA) is 71.8 Å². The van der Waals surface area contributed by atoms with Gasteiger partial charge in [0.05, 0.1) is 0 Å². The molecule has 100 valence electrons. The lowest BCUT2D eigenvalue weighted by atomic mass is 10.0. The largest absolute Gasteiger partial charge is 0.398 e. The number of hydrogen-bond acceptors (Lipinski definition) is 3. The molecule has 0 amide bonds. The number of rotatable bonds is 2. The number of benzene rings is 1. The highest BCUT2D eigenvalue weighted by molar-refractivity contribution is 6.16. The lowest BCUT2D eigenvalue weighted by Gasteiger charge is -2.05. The highest BCUT2D eigenvalue weighted by Gasteiger charge is 2.16. The first kappa shape index (κ1) is 12.3. The number of H-pyrrole nitrogens is 1. The van der Waals surface area contributed by atoms with Gasteiger partial charge in [0, 0.05) is 51.9 Å². The molecule has 0 spiro atoms. The molecule has 0 aliphatic rings. The fourth-order valence-corrected chi connectivity index (χ4v) is 2.14. The molecule has 0 unspecified atom stereocenters. The summed E-state index contributed by atoms with van der Waals surface area (Å²) in [5.74, 6) is -0.763.